The van der Waals surface area contributed by atoms with Crippen molar-refractivity contribution in [2.45, 2.75) is 45.6 Å². The summed E-state index contributed by atoms with van der Waals surface area (Å²) in [5.41, 5.74) is 0. The Labute approximate surface area is 125 Å². The Bertz CT molecular complexity index is 249. The van der Waals surface area contributed by atoms with Crippen molar-refractivity contribution in [2.75, 3.05) is 40.5 Å². The van der Waals surface area contributed by atoms with E-state index in [2.05, 4.69) is 57.1 Å². The van der Waals surface area contributed by atoms with E-state index in [0.29, 0.717) is 6.61 Å². The van der Waals surface area contributed by atoms with Crippen LogP contribution in [-0.4, -0.2) is 51.5 Å². The minimum absolute atomic E-state index is 0.162. The largest absolute Gasteiger partial charge is 0.378 e. The van der Waals surface area contributed by atoms with Gasteiger partial charge in [-0.3, -0.25) is 0 Å². The molecule has 118 valence electrons. The average molecular weight is 283 g/mol. The van der Waals surface area contributed by atoms with E-state index in [1.54, 1.807) is 0 Å². The van der Waals surface area contributed by atoms with Crippen LogP contribution in [0.4, 0.5) is 0 Å². The van der Waals surface area contributed by atoms with E-state index in [4.69, 9.17) is 9.47 Å². The summed E-state index contributed by atoms with van der Waals surface area (Å²) in [7, 11) is 4.13. The van der Waals surface area contributed by atoms with Crippen molar-refractivity contribution in [3.05, 3.63) is 24.3 Å². The molecule has 20 heavy (non-hydrogen) atoms. The van der Waals surface area contributed by atoms with Crippen LogP contribution in [-0.2, 0) is 9.47 Å². The number of hydrogen-bond acceptors (Lipinski definition) is 3. The molecule has 0 saturated heterocycles. The van der Waals surface area contributed by atoms with Gasteiger partial charge in [-0.1, -0.05) is 38.2 Å². The zero-order valence-corrected chi connectivity index (χ0v) is 13.8. The lowest BCUT2D eigenvalue weighted by Gasteiger charge is -2.21. The van der Waals surface area contributed by atoms with Crippen LogP contribution in [0, 0.1) is 0 Å². The van der Waals surface area contributed by atoms with Gasteiger partial charge in [-0.05, 0) is 39.8 Å². The lowest BCUT2D eigenvalue weighted by molar-refractivity contribution is -0.0244. The third-order valence-corrected chi connectivity index (χ3v) is 2.74. The highest BCUT2D eigenvalue weighted by molar-refractivity contribution is 4.80. The number of ether oxygens (including phenoxy) is 2. The molecular weight excluding hydrogens is 250 g/mol. The van der Waals surface area contributed by atoms with Gasteiger partial charge in [-0.2, -0.15) is 0 Å². The summed E-state index contributed by atoms with van der Waals surface area (Å²) in [4.78, 5) is 2.15. The summed E-state index contributed by atoms with van der Waals surface area (Å²) < 4.78 is 11.6. The second-order valence-corrected chi connectivity index (χ2v) is 5.17. The molecule has 0 fully saturated rings. The summed E-state index contributed by atoms with van der Waals surface area (Å²) >= 11 is 0. The maximum atomic E-state index is 5.89. The molecule has 0 aromatic carbocycles. The molecule has 0 aliphatic heterocycles. The minimum Gasteiger partial charge on any atom is -0.378 e. The number of rotatable bonds is 13. The highest BCUT2D eigenvalue weighted by Gasteiger charge is 2.10. The number of likely N-dealkylation sites (N-methyl/N-ethyl adjacent to an activating group) is 1. The Hall–Kier alpha value is -0.640. The van der Waals surface area contributed by atoms with Crippen LogP contribution >= 0.6 is 0 Å². The molecule has 0 radical (unpaired) electrons. The monoisotopic (exact) mass is 283 g/mol. The molecule has 0 N–H and O–H groups in total. The molecule has 0 saturated carbocycles. The number of hydrogen-bond donors (Lipinski definition) is 0. The Morgan fingerprint density at radius 1 is 0.900 bits per heavy atom. The maximum Gasteiger partial charge on any atom is 0.0934 e. The van der Waals surface area contributed by atoms with Gasteiger partial charge in [0.15, 0.2) is 0 Å². The van der Waals surface area contributed by atoms with E-state index in [1.165, 1.54) is 0 Å². The molecule has 0 amide bonds. The summed E-state index contributed by atoms with van der Waals surface area (Å²) in [6, 6.07) is 0. The highest BCUT2D eigenvalue weighted by atomic mass is 16.5. The van der Waals surface area contributed by atoms with Gasteiger partial charge >= 0.3 is 0 Å². The molecule has 3 nitrogen and oxygen atoms in total. The molecule has 0 aliphatic carbocycles. The molecule has 0 rings (SSSR count). The third kappa shape index (κ3) is 13.8. The van der Waals surface area contributed by atoms with Crippen molar-refractivity contribution in [3.63, 3.8) is 0 Å². The van der Waals surface area contributed by atoms with Gasteiger partial charge in [0.2, 0.25) is 0 Å². The molecule has 0 heterocycles. The van der Waals surface area contributed by atoms with Crippen LogP contribution in [0.1, 0.15) is 39.5 Å². The zero-order valence-electron chi connectivity index (χ0n) is 13.8. The molecule has 0 bridgehead atoms. The van der Waals surface area contributed by atoms with Crippen LogP contribution < -0.4 is 0 Å². The molecule has 0 aromatic rings. The fourth-order valence-corrected chi connectivity index (χ4v) is 1.80. The third-order valence-electron chi connectivity index (χ3n) is 2.74. The Morgan fingerprint density at radius 2 is 1.50 bits per heavy atom. The van der Waals surface area contributed by atoms with E-state index >= 15 is 0 Å². The first-order valence-electron chi connectivity index (χ1n) is 7.84. The second kappa shape index (κ2) is 14.8. The summed E-state index contributed by atoms with van der Waals surface area (Å²) in [6.45, 7) is 7.42. The maximum absolute atomic E-state index is 5.89. The van der Waals surface area contributed by atoms with Crippen LogP contribution in [0.2, 0.25) is 0 Å². The van der Waals surface area contributed by atoms with Gasteiger partial charge in [-0.25, -0.2) is 0 Å². The van der Waals surface area contributed by atoms with Crippen LogP contribution in [0.25, 0.3) is 0 Å². The Balaban J connectivity index is 3.78. The normalized spacial score (nSPS) is 13.8. The Kier molecular flexibility index (Phi) is 14.3. The smallest absolute Gasteiger partial charge is 0.0934 e. The first kappa shape index (κ1) is 19.4. The second-order valence-electron chi connectivity index (χ2n) is 5.17. The number of allylic oxidation sites excluding steroid dienone is 2. The fourth-order valence-electron chi connectivity index (χ4n) is 1.80. The van der Waals surface area contributed by atoms with E-state index < -0.39 is 0 Å². The first-order chi connectivity index (χ1) is 9.70. The van der Waals surface area contributed by atoms with Gasteiger partial charge in [0.05, 0.1) is 25.9 Å². The predicted molar refractivity (Wildman–Crippen MR) is 87.2 cm³/mol. The highest BCUT2D eigenvalue weighted by Crippen LogP contribution is 1.99. The van der Waals surface area contributed by atoms with Crippen molar-refractivity contribution in [1.29, 1.82) is 0 Å². The van der Waals surface area contributed by atoms with Crippen LogP contribution in [0.5, 0.6) is 0 Å². The van der Waals surface area contributed by atoms with Crippen molar-refractivity contribution in [2.24, 2.45) is 0 Å². The van der Waals surface area contributed by atoms with E-state index in [-0.39, 0.29) is 6.10 Å². The quantitative estimate of drug-likeness (QED) is 0.380. The fraction of sp³-hybridized carbons (Fsp3) is 0.765. The van der Waals surface area contributed by atoms with Gasteiger partial charge in [0.1, 0.15) is 0 Å². The van der Waals surface area contributed by atoms with E-state index in [0.717, 1.165) is 45.4 Å². The Morgan fingerprint density at radius 3 is 2.05 bits per heavy atom. The van der Waals surface area contributed by atoms with Crippen molar-refractivity contribution < 1.29 is 9.47 Å². The average Bonchev–Trinajstić information content (AvgIpc) is 2.41. The first-order valence-corrected chi connectivity index (χ1v) is 7.84. The molecular formula is C17H33NO2. The van der Waals surface area contributed by atoms with Gasteiger partial charge in [0, 0.05) is 6.54 Å². The topological polar surface area (TPSA) is 21.7 Å². The molecule has 3 heteroatoms. The van der Waals surface area contributed by atoms with Gasteiger partial charge in [-0.15, -0.1) is 0 Å². The van der Waals surface area contributed by atoms with Crippen LogP contribution in [0.3, 0.4) is 0 Å². The molecule has 1 atom stereocenters. The summed E-state index contributed by atoms with van der Waals surface area (Å²) in [5.74, 6) is 0. The van der Waals surface area contributed by atoms with Crippen molar-refractivity contribution in [1.82, 2.24) is 4.90 Å². The van der Waals surface area contributed by atoms with Crippen molar-refractivity contribution >= 4 is 0 Å². The molecule has 0 aromatic heterocycles. The minimum atomic E-state index is 0.162. The summed E-state index contributed by atoms with van der Waals surface area (Å²) in [5, 5.41) is 0. The SMILES string of the molecule is CC/C=C\CCOCC(CN(C)C)OCC/C=C\CC. The number of nitrogens with zero attached hydrogens (tertiary/aromatic N) is 1. The molecule has 0 spiro atoms. The molecule has 0 aliphatic rings. The molecule has 1 unspecified atom stereocenters. The van der Waals surface area contributed by atoms with Gasteiger partial charge in [0.25, 0.3) is 0 Å². The lowest BCUT2D eigenvalue weighted by atomic mass is 10.3. The standard InChI is InChI=1S/C17H33NO2/c1-5-7-9-11-13-19-16-17(15-18(3)4)20-14-12-10-8-6-2/h7-10,17H,5-6,11-16H2,1-4H3/b9-7-,10-8-. The van der Waals surface area contributed by atoms with Crippen LogP contribution in [0.15, 0.2) is 24.3 Å². The lowest BCUT2D eigenvalue weighted by Crippen LogP contribution is -2.32. The van der Waals surface area contributed by atoms with Crippen molar-refractivity contribution in [3.8, 4) is 0 Å². The summed E-state index contributed by atoms with van der Waals surface area (Å²) in [6.07, 6.45) is 13.0. The van der Waals surface area contributed by atoms with E-state index in [9.17, 15) is 0 Å². The van der Waals surface area contributed by atoms with E-state index in [1.807, 2.05) is 0 Å². The van der Waals surface area contributed by atoms with Gasteiger partial charge < -0.3 is 14.4 Å². The zero-order chi connectivity index (χ0) is 15.1. The predicted octanol–water partition coefficient (Wildman–Crippen LogP) is 3.66.